The van der Waals surface area contributed by atoms with Gasteiger partial charge in [-0.15, -0.1) is 0 Å². The highest BCUT2D eigenvalue weighted by Gasteiger charge is 2.07. The Morgan fingerprint density at radius 3 is 2.73 bits per heavy atom. The zero-order valence-corrected chi connectivity index (χ0v) is 11.6. The number of halogens is 2. The van der Waals surface area contributed by atoms with Gasteiger partial charge in [-0.2, -0.15) is 0 Å². The van der Waals surface area contributed by atoms with E-state index in [-0.39, 0.29) is 5.91 Å². The van der Waals surface area contributed by atoms with Crippen LogP contribution in [-0.4, -0.2) is 5.91 Å². The van der Waals surface area contributed by atoms with E-state index in [2.05, 4.69) is 27.9 Å². The molecule has 82 valence electrons. The molecule has 1 amide bonds. The average molecular weight is 338 g/mol. The largest absolute Gasteiger partial charge is 0.325 e. The summed E-state index contributed by atoms with van der Waals surface area (Å²) in [4.78, 5) is 11.5. The van der Waals surface area contributed by atoms with Gasteiger partial charge in [0.15, 0.2) is 0 Å². The van der Waals surface area contributed by atoms with Crippen LogP contribution in [0.5, 0.6) is 0 Å². The van der Waals surface area contributed by atoms with Crippen LogP contribution < -0.4 is 5.32 Å². The van der Waals surface area contributed by atoms with Gasteiger partial charge < -0.3 is 5.32 Å². The molecule has 0 aliphatic carbocycles. The summed E-state index contributed by atoms with van der Waals surface area (Å²) in [6, 6.07) is 5.42. The van der Waals surface area contributed by atoms with Crippen molar-refractivity contribution in [2.24, 2.45) is 5.92 Å². The molecule has 4 heteroatoms. The molecule has 0 aromatic heterocycles. The first-order valence-corrected chi connectivity index (χ1v) is 6.19. The van der Waals surface area contributed by atoms with Crippen LogP contribution in [0.1, 0.15) is 20.3 Å². The molecule has 0 saturated carbocycles. The molecule has 1 rings (SSSR count). The lowest BCUT2D eigenvalue weighted by molar-refractivity contribution is -0.116. The molecule has 0 atom stereocenters. The normalized spacial score (nSPS) is 10.5. The van der Waals surface area contributed by atoms with Crippen LogP contribution in [0.25, 0.3) is 0 Å². The van der Waals surface area contributed by atoms with Gasteiger partial charge >= 0.3 is 0 Å². The van der Waals surface area contributed by atoms with Crippen molar-refractivity contribution >= 4 is 45.8 Å². The number of carbonyl (C=O) groups is 1. The predicted octanol–water partition coefficient (Wildman–Crippen LogP) is 3.93. The molecule has 2 nitrogen and oxygen atoms in total. The quantitative estimate of drug-likeness (QED) is 0.832. The minimum absolute atomic E-state index is 0.0465. The van der Waals surface area contributed by atoms with E-state index in [4.69, 9.17) is 11.6 Å². The fraction of sp³-hybridized carbons (Fsp3) is 0.364. The van der Waals surface area contributed by atoms with Crippen LogP contribution in [0.4, 0.5) is 5.69 Å². The predicted molar refractivity (Wildman–Crippen MR) is 72.3 cm³/mol. The van der Waals surface area contributed by atoms with E-state index in [0.29, 0.717) is 17.4 Å². The molecule has 0 unspecified atom stereocenters. The molecule has 1 aromatic carbocycles. The maximum atomic E-state index is 11.5. The van der Waals surface area contributed by atoms with Crippen molar-refractivity contribution in [2.45, 2.75) is 20.3 Å². The third kappa shape index (κ3) is 4.38. The Kier molecular flexibility index (Phi) is 4.86. The molecule has 0 fully saturated rings. The highest BCUT2D eigenvalue weighted by atomic mass is 127. The summed E-state index contributed by atoms with van der Waals surface area (Å²) in [7, 11) is 0. The fourth-order valence-electron chi connectivity index (χ4n) is 1.16. The second kappa shape index (κ2) is 5.70. The summed E-state index contributed by atoms with van der Waals surface area (Å²) < 4.78 is 0.956. The lowest BCUT2D eigenvalue weighted by atomic mass is 10.1. The monoisotopic (exact) mass is 337 g/mol. The van der Waals surface area contributed by atoms with Crippen molar-refractivity contribution in [3.63, 3.8) is 0 Å². The molecule has 0 aliphatic heterocycles. The Morgan fingerprint density at radius 1 is 1.53 bits per heavy atom. The van der Waals surface area contributed by atoms with Crippen LogP contribution in [0.3, 0.4) is 0 Å². The SMILES string of the molecule is CC(C)CC(=O)Nc1ccc(Cl)cc1I. The lowest BCUT2D eigenvalue weighted by Gasteiger charge is -2.08. The van der Waals surface area contributed by atoms with E-state index >= 15 is 0 Å². The van der Waals surface area contributed by atoms with Crippen molar-refractivity contribution < 1.29 is 4.79 Å². The van der Waals surface area contributed by atoms with E-state index in [1.54, 1.807) is 6.07 Å². The molecular weight excluding hydrogens is 324 g/mol. The van der Waals surface area contributed by atoms with Gasteiger partial charge in [0.25, 0.3) is 0 Å². The Morgan fingerprint density at radius 2 is 2.20 bits per heavy atom. The van der Waals surface area contributed by atoms with Gasteiger partial charge in [-0.25, -0.2) is 0 Å². The highest BCUT2D eigenvalue weighted by Crippen LogP contribution is 2.22. The molecule has 0 radical (unpaired) electrons. The molecule has 0 aliphatic rings. The van der Waals surface area contributed by atoms with Crippen molar-refractivity contribution in [2.75, 3.05) is 5.32 Å². The maximum absolute atomic E-state index is 11.5. The van der Waals surface area contributed by atoms with Crippen molar-refractivity contribution in [1.82, 2.24) is 0 Å². The fourth-order valence-corrected chi connectivity index (χ4v) is 2.17. The van der Waals surface area contributed by atoms with E-state index < -0.39 is 0 Å². The maximum Gasteiger partial charge on any atom is 0.224 e. The summed E-state index contributed by atoms with van der Waals surface area (Å²) >= 11 is 7.97. The standard InChI is InChI=1S/C11H13ClINO/c1-7(2)5-11(15)14-10-4-3-8(12)6-9(10)13/h3-4,6-7H,5H2,1-2H3,(H,14,15). The van der Waals surface area contributed by atoms with Crippen molar-refractivity contribution in [3.8, 4) is 0 Å². The number of anilines is 1. The minimum atomic E-state index is 0.0465. The molecule has 1 aromatic rings. The van der Waals surface area contributed by atoms with Crippen LogP contribution in [0.2, 0.25) is 5.02 Å². The summed E-state index contributed by atoms with van der Waals surface area (Å²) in [5, 5.41) is 3.55. The zero-order chi connectivity index (χ0) is 11.4. The molecule has 0 heterocycles. The summed E-state index contributed by atoms with van der Waals surface area (Å²) in [6.45, 7) is 4.04. The van der Waals surface area contributed by atoms with Crippen molar-refractivity contribution in [1.29, 1.82) is 0 Å². The minimum Gasteiger partial charge on any atom is -0.325 e. The smallest absolute Gasteiger partial charge is 0.224 e. The van der Waals surface area contributed by atoms with Crippen LogP contribution in [-0.2, 0) is 4.79 Å². The van der Waals surface area contributed by atoms with Gasteiger partial charge in [0.05, 0.1) is 5.69 Å². The Hall–Kier alpha value is -0.290. The van der Waals surface area contributed by atoms with Crippen LogP contribution >= 0.6 is 34.2 Å². The van der Waals surface area contributed by atoms with Crippen LogP contribution in [0, 0.1) is 9.49 Å². The Labute approximate surface area is 109 Å². The van der Waals surface area contributed by atoms with Gasteiger partial charge in [-0.05, 0) is 46.7 Å². The molecule has 15 heavy (non-hydrogen) atoms. The number of amides is 1. The third-order valence-corrected chi connectivity index (χ3v) is 2.93. The van der Waals surface area contributed by atoms with E-state index in [1.807, 2.05) is 26.0 Å². The number of hydrogen-bond donors (Lipinski definition) is 1. The summed E-state index contributed by atoms with van der Waals surface area (Å²) in [5.74, 6) is 0.417. The first kappa shape index (κ1) is 12.8. The van der Waals surface area contributed by atoms with Crippen LogP contribution in [0.15, 0.2) is 18.2 Å². The molecule has 0 spiro atoms. The second-order valence-corrected chi connectivity index (χ2v) is 5.37. The topological polar surface area (TPSA) is 29.1 Å². The van der Waals surface area contributed by atoms with E-state index in [1.165, 1.54) is 0 Å². The second-order valence-electron chi connectivity index (χ2n) is 3.77. The Balaban J connectivity index is 2.68. The third-order valence-electron chi connectivity index (χ3n) is 1.80. The van der Waals surface area contributed by atoms with E-state index in [0.717, 1.165) is 9.26 Å². The van der Waals surface area contributed by atoms with Gasteiger partial charge in [0.2, 0.25) is 5.91 Å². The van der Waals surface area contributed by atoms with Gasteiger partial charge in [0.1, 0.15) is 0 Å². The number of carbonyl (C=O) groups excluding carboxylic acids is 1. The number of nitrogens with one attached hydrogen (secondary N) is 1. The zero-order valence-electron chi connectivity index (χ0n) is 8.68. The van der Waals surface area contributed by atoms with Gasteiger partial charge in [-0.1, -0.05) is 25.4 Å². The Bertz CT molecular complexity index is 366. The molecule has 0 saturated heterocycles. The van der Waals surface area contributed by atoms with Gasteiger partial charge in [-0.3, -0.25) is 4.79 Å². The van der Waals surface area contributed by atoms with E-state index in [9.17, 15) is 4.79 Å². The molecule has 1 N–H and O–H groups in total. The molecular formula is C11H13ClINO. The van der Waals surface area contributed by atoms with Crippen molar-refractivity contribution in [3.05, 3.63) is 26.8 Å². The first-order valence-electron chi connectivity index (χ1n) is 4.74. The molecule has 0 bridgehead atoms. The van der Waals surface area contributed by atoms with Gasteiger partial charge in [0, 0.05) is 15.0 Å². The summed E-state index contributed by atoms with van der Waals surface area (Å²) in [6.07, 6.45) is 0.540. The summed E-state index contributed by atoms with van der Waals surface area (Å²) in [5.41, 5.74) is 0.825. The number of benzene rings is 1. The highest BCUT2D eigenvalue weighted by molar-refractivity contribution is 14.1. The number of hydrogen-bond acceptors (Lipinski definition) is 1. The first-order chi connectivity index (χ1) is 6.99. The number of rotatable bonds is 3. The lowest BCUT2D eigenvalue weighted by Crippen LogP contribution is -2.14. The average Bonchev–Trinajstić information content (AvgIpc) is 2.08.